The van der Waals surface area contributed by atoms with E-state index in [0.29, 0.717) is 12.0 Å². The van der Waals surface area contributed by atoms with E-state index in [-0.39, 0.29) is 11.9 Å². The summed E-state index contributed by atoms with van der Waals surface area (Å²) in [6, 6.07) is 14.6. The van der Waals surface area contributed by atoms with Crippen LogP contribution in [0.25, 0.3) is 0 Å². The molecule has 33 heavy (non-hydrogen) atoms. The number of hydrogen-bond donors (Lipinski definition) is 1. The highest BCUT2D eigenvalue weighted by Crippen LogP contribution is 2.32. The van der Waals surface area contributed by atoms with Crippen molar-refractivity contribution < 1.29 is 9.53 Å². The Hall–Kier alpha value is -2.40. The zero-order chi connectivity index (χ0) is 23.3. The fraction of sp³-hybridized carbons (Fsp3) is 0.571. The van der Waals surface area contributed by atoms with Gasteiger partial charge in [0.25, 0.3) is 0 Å². The smallest absolute Gasteiger partial charge is 0.225 e. The van der Waals surface area contributed by atoms with Gasteiger partial charge < -0.3 is 10.1 Å². The van der Waals surface area contributed by atoms with Crippen molar-refractivity contribution in [3.63, 3.8) is 0 Å². The van der Waals surface area contributed by atoms with Crippen molar-refractivity contribution in [2.75, 3.05) is 13.1 Å². The molecule has 0 spiro atoms. The number of piperidine rings is 1. The van der Waals surface area contributed by atoms with Crippen LogP contribution in [0.4, 0.5) is 0 Å². The summed E-state index contributed by atoms with van der Waals surface area (Å²) in [6.45, 7) is 8.90. The van der Waals surface area contributed by atoms with Crippen molar-refractivity contribution in [1.82, 2.24) is 15.2 Å². The quantitative estimate of drug-likeness (QED) is 0.605. The molecule has 1 amide bonds. The maximum absolute atomic E-state index is 12.8. The van der Waals surface area contributed by atoms with Crippen molar-refractivity contribution in [3.8, 4) is 5.75 Å². The molecule has 1 N–H and O–H groups in total. The second-order valence-electron chi connectivity index (χ2n) is 10.7. The van der Waals surface area contributed by atoms with Gasteiger partial charge in [-0.15, -0.1) is 0 Å². The number of nitrogens with one attached hydrogen (secondary N) is 1. The molecule has 0 radical (unpaired) electrons. The predicted octanol–water partition coefficient (Wildman–Crippen LogP) is 5.52. The van der Waals surface area contributed by atoms with E-state index in [1.807, 2.05) is 45.2 Å². The van der Waals surface area contributed by atoms with Crippen LogP contribution in [0, 0.1) is 11.3 Å². The number of likely N-dealkylation sites (tertiary alicyclic amines) is 1. The zero-order valence-corrected chi connectivity index (χ0v) is 20.4. The van der Waals surface area contributed by atoms with Crippen LogP contribution in [0.1, 0.15) is 76.6 Å². The summed E-state index contributed by atoms with van der Waals surface area (Å²) in [5.74, 6) is 1.47. The van der Waals surface area contributed by atoms with Crippen LogP contribution in [-0.4, -0.2) is 35.0 Å². The summed E-state index contributed by atoms with van der Waals surface area (Å²) in [5, 5.41) is 3.31. The molecule has 0 unspecified atom stereocenters. The molecule has 2 heterocycles. The molecular formula is C28H39N3O2. The first kappa shape index (κ1) is 23.7. The summed E-state index contributed by atoms with van der Waals surface area (Å²) in [4.78, 5) is 19.9. The van der Waals surface area contributed by atoms with Gasteiger partial charge in [-0.05, 0) is 87.4 Å². The first-order valence-corrected chi connectivity index (χ1v) is 12.6. The summed E-state index contributed by atoms with van der Waals surface area (Å²) < 4.78 is 6.10. The van der Waals surface area contributed by atoms with Gasteiger partial charge >= 0.3 is 0 Å². The van der Waals surface area contributed by atoms with Gasteiger partial charge in [-0.3, -0.25) is 14.7 Å². The average molecular weight is 450 g/mol. The molecular weight excluding hydrogens is 410 g/mol. The molecule has 1 saturated heterocycles. The number of carbonyl (C=O) groups excluding carboxylic acids is 1. The summed E-state index contributed by atoms with van der Waals surface area (Å²) in [6.07, 6.45) is 9.28. The van der Waals surface area contributed by atoms with Gasteiger partial charge in [0.2, 0.25) is 5.91 Å². The predicted molar refractivity (Wildman–Crippen MR) is 132 cm³/mol. The maximum atomic E-state index is 12.8. The van der Waals surface area contributed by atoms with E-state index in [0.717, 1.165) is 43.9 Å². The molecule has 2 fully saturated rings. The van der Waals surface area contributed by atoms with Crippen LogP contribution in [-0.2, 0) is 11.3 Å². The molecule has 1 aromatic carbocycles. The van der Waals surface area contributed by atoms with Crippen molar-refractivity contribution >= 4 is 5.91 Å². The Balaban J connectivity index is 1.32. The molecule has 2 aliphatic rings. The van der Waals surface area contributed by atoms with E-state index in [2.05, 4.69) is 39.5 Å². The molecule has 0 bridgehead atoms. The van der Waals surface area contributed by atoms with Gasteiger partial charge in [0, 0.05) is 18.2 Å². The normalized spacial score (nSPS) is 19.4. The maximum Gasteiger partial charge on any atom is 0.225 e. The lowest BCUT2D eigenvalue weighted by atomic mass is 9.85. The minimum absolute atomic E-state index is 0.0351. The number of nitrogens with zero attached hydrogens (tertiary/aromatic N) is 2. The number of ether oxygens (including phenoxy) is 1. The Morgan fingerprint density at radius 2 is 1.76 bits per heavy atom. The number of aromatic nitrogens is 1. The largest absolute Gasteiger partial charge is 0.490 e. The highest BCUT2D eigenvalue weighted by Gasteiger charge is 2.32. The first-order chi connectivity index (χ1) is 15.9. The molecule has 5 nitrogen and oxygen atoms in total. The third kappa shape index (κ3) is 6.57. The van der Waals surface area contributed by atoms with Crippen molar-refractivity contribution in [1.29, 1.82) is 0 Å². The molecule has 1 aliphatic carbocycles. The van der Waals surface area contributed by atoms with E-state index in [1.165, 1.54) is 31.2 Å². The molecule has 1 saturated carbocycles. The standard InChI is InChI=1S/C28H39N3O2/c1-28(2,3)27(32)30-26(25-10-6-7-17-29-25)22-15-18-31(19-16-22)20-21-11-13-24(14-12-21)33-23-8-4-5-9-23/h6-7,10-14,17,22-23,26H,4-5,8-9,15-16,18-20H2,1-3H3,(H,30,32)/t26-/m0/s1. The Morgan fingerprint density at radius 3 is 2.36 bits per heavy atom. The average Bonchev–Trinajstić information content (AvgIpc) is 3.32. The number of carbonyl (C=O) groups is 1. The van der Waals surface area contributed by atoms with Crippen LogP contribution in [0.5, 0.6) is 5.75 Å². The molecule has 1 atom stereocenters. The molecule has 5 heteroatoms. The van der Waals surface area contributed by atoms with Gasteiger partial charge in [0.1, 0.15) is 5.75 Å². The number of pyridine rings is 1. The first-order valence-electron chi connectivity index (χ1n) is 12.6. The van der Waals surface area contributed by atoms with Crippen LogP contribution in [0.15, 0.2) is 48.7 Å². The lowest BCUT2D eigenvalue weighted by molar-refractivity contribution is -0.129. The Morgan fingerprint density at radius 1 is 1.06 bits per heavy atom. The van der Waals surface area contributed by atoms with Gasteiger partial charge in [0.05, 0.1) is 17.8 Å². The Labute approximate surface area is 198 Å². The highest BCUT2D eigenvalue weighted by atomic mass is 16.5. The molecule has 2 aromatic rings. The third-order valence-corrected chi connectivity index (χ3v) is 7.01. The monoisotopic (exact) mass is 449 g/mol. The molecule has 1 aliphatic heterocycles. The topological polar surface area (TPSA) is 54.5 Å². The summed E-state index contributed by atoms with van der Waals surface area (Å²) in [7, 11) is 0. The minimum Gasteiger partial charge on any atom is -0.490 e. The van der Waals surface area contributed by atoms with E-state index in [1.54, 1.807) is 0 Å². The second kappa shape index (κ2) is 10.7. The van der Waals surface area contributed by atoms with E-state index < -0.39 is 5.41 Å². The van der Waals surface area contributed by atoms with Crippen LogP contribution in [0.3, 0.4) is 0 Å². The zero-order valence-electron chi connectivity index (χ0n) is 20.4. The van der Waals surface area contributed by atoms with E-state index >= 15 is 0 Å². The fourth-order valence-corrected chi connectivity index (χ4v) is 4.93. The van der Waals surface area contributed by atoms with E-state index in [9.17, 15) is 4.79 Å². The van der Waals surface area contributed by atoms with Crippen molar-refractivity contribution in [2.24, 2.45) is 11.3 Å². The molecule has 4 rings (SSSR count). The van der Waals surface area contributed by atoms with Gasteiger partial charge in [0.15, 0.2) is 0 Å². The highest BCUT2D eigenvalue weighted by molar-refractivity contribution is 5.81. The number of rotatable bonds is 7. The van der Waals surface area contributed by atoms with Gasteiger partial charge in [-0.2, -0.15) is 0 Å². The number of amides is 1. The Kier molecular flexibility index (Phi) is 7.69. The Bertz CT molecular complexity index is 878. The SMILES string of the molecule is CC(C)(C)C(=O)N[C@H](c1ccccn1)C1CCN(Cc2ccc(OC3CCCC3)cc2)CC1. The van der Waals surface area contributed by atoms with E-state index in [4.69, 9.17) is 4.74 Å². The van der Waals surface area contributed by atoms with Crippen molar-refractivity contribution in [3.05, 3.63) is 59.9 Å². The molecule has 1 aromatic heterocycles. The van der Waals surface area contributed by atoms with Gasteiger partial charge in [-0.1, -0.05) is 39.0 Å². The van der Waals surface area contributed by atoms with Crippen LogP contribution >= 0.6 is 0 Å². The minimum atomic E-state index is -0.415. The lowest BCUT2D eigenvalue weighted by Crippen LogP contribution is -2.44. The van der Waals surface area contributed by atoms with Crippen LogP contribution < -0.4 is 10.1 Å². The van der Waals surface area contributed by atoms with Crippen LogP contribution in [0.2, 0.25) is 0 Å². The lowest BCUT2D eigenvalue weighted by Gasteiger charge is -2.37. The fourth-order valence-electron chi connectivity index (χ4n) is 4.93. The van der Waals surface area contributed by atoms with Gasteiger partial charge in [-0.25, -0.2) is 0 Å². The summed E-state index contributed by atoms with van der Waals surface area (Å²) >= 11 is 0. The number of hydrogen-bond acceptors (Lipinski definition) is 4. The second-order valence-corrected chi connectivity index (χ2v) is 10.7. The van der Waals surface area contributed by atoms with Crippen molar-refractivity contribution in [2.45, 2.75) is 78.0 Å². The third-order valence-electron chi connectivity index (χ3n) is 7.01. The number of benzene rings is 1. The summed E-state index contributed by atoms with van der Waals surface area (Å²) in [5.41, 5.74) is 1.88. The molecule has 178 valence electrons.